The van der Waals surface area contributed by atoms with Crippen LogP contribution in [0.3, 0.4) is 0 Å². The second kappa shape index (κ2) is 8.23. The Bertz CT molecular complexity index is 238. The fourth-order valence-corrected chi connectivity index (χ4v) is 3.94. The molecule has 2 fully saturated rings. The van der Waals surface area contributed by atoms with Crippen molar-refractivity contribution in [3.05, 3.63) is 0 Å². The van der Waals surface area contributed by atoms with Crippen LogP contribution in [-0.2, 0) is 0 Å². The molecule has 19 heavy (non-hydrogen) atoms. The minimum absolute atomic E-state index is 0.866. The lowest BCUT2D eigenvalue weighted by molar-refractivity contribution is 0.102. The van der Waals surface area contributed by atoms with Gasteiger partial charge in [-0.2, -0.15) is 0 Å². The standard InChI is InChI=1S/C16H33N3/c1-2-5-15(8-9-17)6-3-10-18-12-13-19-11-4-7-16(19)14-18/h15-16H,2-14,17H2,1H3. The Morgan fingerprint density at radius 1 is 1.16 bits per heavy atom. The van der Waals surface area contributed by atoms with E-state index in [-0.39, 0.29) is 0 Å². The molecule has 2 atom stereocenters. The lowest BCUT2D eigenvalue weighted by Crippen LogP contribution is -2.50. The summed E-state index contributed by atoms with van der Waals surface area (Å²) in [6.07, 6.45) is 9.52. The molecule has 0 aromatic heterocycles. The Labute approximate surface area is 119 Å². The molecule has 2 unspecified atom stereocenters. The summed E-state index contributed by atoms with van der Waals surface area (Å²) in [7, 11) is 0. The Kier molecular flexibility index (Phi) is 6.62. The Morgan fingerprint density at radius 3 is 2.84 bits per heavy atom. The first-order valence-electron chi connectivity index (χ1n) is 8.50. The first-order chi connectivity index (χ1) is 9.33. The first kappa shape index (κ1) is 15.3. The van der Waals surface area contributed by atoms with Gasteiger partial charge in [-0.15, -0.1) is 0 Å². The molecule has 0 aromatic rings. The molecule has 0 bridgehead atoms. The Balaban J connectivity index is 1.62. The van der Waals surface area contributed by atoms with Crippen LogP contribution in [0.25, 0.3) is 0 Å². The summed E-state index contributed by atoms with van der Waals surface area (Å²) in [4.78, 5) is 5.41. The topological polar surface area (TPSA) is 32.5 Å². The van der Waals surface area contributed by atoms with E-state index in [1.54, 1.807) is 0 Å². The van der Waals surface area contributed by atoms with Gasteiger partial charge in [0.05, 0.1) is 0 Å². The van der Waals surface area contributed by atoms with Crippen LogP contribution in [0, 0.1) is 5.92 Å². The third-order valence-corrected chi connectivity index (χ3v) is 5.03. The molecule has 0 spiro atoms. The van der Waals surface area contributed by atoms with Gasteiger partial charge in [0.2, 0.25) is 0 Å². The lowest BCUT2D eigenvalue weighted by Gasteiger charge is -2.37. The summed E-state index contributed by atoms with van der Waals surface area (Å²) in [5.41, 5.74) is 5.72. The van der Waals surface area contributed by atoms with Crippen molar-refractivity contribution in [3.63, 3.8) is 0 Å². The van der Waals surface area contributed by atoms with Crippen LogP contribution in [-0.4, -0.2) is 55.1 Å². The number of hydrogen-bond donors (Lipinski definition) is 1. The molecule has 0 aromatic carbocycles. The average Bonchev–Trinajstić information content (AvgIpc) is 2.86. The molecule has 2 aliphatic rings. The van der Waals surface area contributed by atoms with Gasteiger partial charge < -0.3 is 10.6 Å². The summed E-state index contributed by atoms with van der Waals surface area (Å²) in [6, 6.07) is 0.879. The van der Waals surface area contributed by atoms with Crippen molar-refractivity contribution in [1.29, 1.82) is 0 Å². The quantitative estimate of drug-likeness (QED) is 0.732. The molecule has 0 amide bonds. The molecule has 0 saturated carbocycles. The zero-order valence-electron chi connectivity index (χ0n) is 12.8. The monoisotopic (exact) mass is 267 g/mol. The summed E-state index contributed by atoms with van der Waals surface area (Å²) in [6.45, 7) is 9.77. The van der Waals surface area contributed by atoms with Crippen LogP contribution < -0.4 is 5.73 Å². The molecule has 112 valence electrons. The molecule has 2 N–H and O–H groups in total. The molecule has 3 heteroatoms. The minimum atomic E-state index is 0.866. The number of fused-ring (bicyclic) bond motifs is 1. The highest BCUT2D eigenvalue weighted by atomic mass is 15.3. The number of hydrogen-bond acceptors (Lipinski definition) is 3. The predicted octanol–water partition coefficient (Wildman–Crippen LogP) is 2.31. The summed E-state index contributed by atoms with van der Waals surface area (Å²) >= 11 is 0. The highest BCUT2D eigenvalue weighted by molar-refractivity contribution is 4.86. The third kappa shape index (κ3) is 4.73. The lowest BCUT2D eigenvalue weighted by atomic mass is 9.94. The van der Waals surface area contributed by atoms with Crippen molar-refractivity contribution in [3.8, 4) is 0 Å². The average molecular weight is 267 g/mol. The van der Waals surface area contributed by atoms with Gasteiger partial charge in [-0.25, -0.2) is 0 Å². The predicted molar refractivity (Wildman–Crippen MR) is 82.3 cm³/mol. The number of nitrogens with zero attached hydrogens (tertiary/aromatic N) is 2. The van der Waals surface area contributed by atoms with E-state index in [4.69, 9.17) is 5.73 Å². The van der Waals surface area contributed by atoms with Crippen LogP contribution in [0.2, 0.25) is 0 Å². The zero-order chi connectivity index (χ0) is 13.5. The molecule has 0 radical (unpaired) electrons. The second-order valence-electron chi connectivity index (χ2n) is 6.51. The van der Waals surface area contributed by atoms with E-state index in [1.165, 1.54) is 77.7 Å². The SMILES string of the molecule is CCCC(CCN)CCCN1CCN2CCCC2C1. The van der Waals surface area contributed by atoms with E-state index in [0.717, 1.165) is 18.5 Å². The van der Waals surface area contributed by atoms with Crippen LogP contribution in [0.4, 0.5) is 0 Å². The molecule has 2 rings (SSSR count). The molecular formula is C16H33N3. The minimum Gasteiger partial charge on any atom is -0.330 e. The first-order valence-corrected chi connectivity index (χ1v) is 8.50. The van der Waals surface area contributed by atoms with Crippen LogP contribution >= 0.6 is 0 Å². The van der Waals surface area contributed by atoms with Gasteiger partial charge in [0.15, 0.2) is 0 Å². The van der Waals surface area contributed by atoms with Gasteiger partial charge in [-0.3, -0.25) is 4.90 Å². The van der Waals surface area contributed by atoms with Crippen LogP contribution in [0.15, 0.2) is 0 Å². The van der Waals surface area contributed by atoms with Gasteiger partial charge in [0.1, 0.15) is 0 Å². The third-order valence-electron chi connectivity index (χ3n) is 5.03. The van der Waals surface area contributed by atoms with Crippen molar-refractivity contribution in [1.82, 2.24) is 9.80 Å². The van der Waals surface area contributed by atoms with E-state index in [9.17, 15) is 0 Å². The smallest absolute Gasteiger partial charge is 0.0224 e. The van der Waals surface area contributed by atoms with Crippen molar-refractivity contribution in [2.75, 3.05) is 39.3 Å². The Hall–Kier alpha value is -0.120. The fraction of sp³-hybridized carbons (Fsp3) is 1.00. The van der Waals surface area contributed by atoms with E-state index >= 15 is 0 Å². The molecular weight excluding hydrogens is 234 g/mol. The summed E-state index contributed by atoms with van der Waals surface area (Å²) < 4.78 is 0. The maximum Gasteiger partial charge on any atom is 0.0224 e. The van der Waals surface area contributed by atoms with Gasteiger partial charge in [0, 0.05) is 25.7 Å². The number of nitrogens with two attached hydrogens (primary N) is 1. The molecule has 0 aliphatic carbocycles. The van der Waals surface area contributed by atoms with E-state index < -0.39 is 0 Å². The zero-order valence-corrected chi connectivity index (χ0v) is 12.8. The van der Waals surface area contributed by atoms with Gasteiger partial charge >= 0.3 is 0 Å². The van der Waals surface area contributed by atoms with Crippen molar-refractivity contribution in [2.45, 2.75) is 57.9 Å². The Morgan fingerprint density at radius 2 is 2.05 bits per heavy atom. The number of rotatable bonds is 8. The summed E-state index contributed by atoms with van der Waals surface area (Å²) in [5.74, 6) is 0.878. The van der Waals surface area contributed by atoms with Crippen LogP contribution in [0.5, 0.6) is 0 Å². The second-order valence-corrected chi connectivity index (χ2v) is 6.51. The van der Waals surface area contributed by atoms with E-state index in [0.29, 0.717) is 0 Å². The van der Waals surface area contributed by atoms with Gasteiger partial charge in [-0.1, -0.05) is 19.8 Å². The number of piperazine rings is 1. The molecule has 2 heterocycles. The molecule has 2 aliphatic heterocycles. The van der Waals surface area contributed by atoms with Crippen molar-refractivity contribution in [2.24, 2.45) is 11.7 Å². The highest BCUT2D eigenvalue weighted by Gasteiger charge is 2.30. The van der Waals surface area contributed by atoms with Gasteiger partial charge in [0.25, 0.3) is 0 Å². The van der Waals surface area contributed by atoms with Crippen molar-refractivity contribution >= 4 is 0 Å². The van der Waals surface area contributed by atoms with Crippen molar-refractivity contribution < 1.29 is 0 Å². The molecule has 2 saturated heterocycles. The molecule has 3 nitrogen and oxygen atoms in total. The summed E-state index contributed by atoms with van der Waals surface area (Å²) in [5, 5.41) is 0. The maximum absolute atomic E-state index is 5.72. The normalized spacial score (nSPS) is 26.5. The largest absolute Gasteiger partial charge is 0.330 e. The fourth-order valence-electron chi connectivity index (χ4n) is 3.94. The highest BCUT2D eigenvalue weighted by Crippen LogP contribution is 2.22. The van der Waals surface area contributed by atoms with Gasteiger partial charge in [-0.05, 0) is 57.7 Å². The van der Waals surface area contributed by atoms with E-state index in [2.05, 4.69) is 16.7 Å². The maximum atomic E-state index is 5.72. The van der Waals surface area contributed by atoms with E-state index in [1.807, 2.05) is 0 Å². The van der Waals surface area contributed by atoms with Crippen LogP contribution in [0.1, 0.15) is 51.9 Å².